The second-order valence-electron chi connectivity index (χ2n) is 5.65. The van der Waals surface area contributed by atoms with E-state index < -0.39 is 10.0 Å². The smallest absolute Gasteiger partial charge is 0.240 e. The number of hydrogen-bond donors (Lipinski definition) is 1. The van der Waals surface area contributed by atoms with Crippen LogP contribution in [0.4, 0.5) is 0 Å². The summed E-state index contributed by atoms with van der Waals surface area (Å²) in [5, 5.41) is 3.98. The van der Waals surface area contributed by atoms with E-state index in [0.717, 1.165) is 51.0 Å². The first kappa shape index (κ1) is 16.4. The van der Waals surface area contributed by atoms with Crippen molar-refractivity contribution in [3.05, 3.63) is 11.7 Å². The lowest BCUT2D eigenvalue weighted by atomic mass is 10.1. The van der Waals surface area contributed by atoms with Crippen LogP contribution in [0.2, 0.25) is 0 Å². The van der Waals surface area contributed by atoms with Crippen LogP contribution in [-0.2, 0) is 23.0 Å². The highest BCUT2D eigenvalue weighted by Gasteiger charge is 2.22. The van der Waals surface area contributed by atoms with Gasteiger partial charge in [-0.05, 0) is 19.3 Å². The van der Waals surface area contributed by atoms with Crippen molar-refractivity contribution in [2.24, 2.45) is 0 Å². The van der Waals surface area contributed by atoms with E-state index in [-0.39, 0.29) is 6.04 Å². The number of aromatic nitrogens is 2. The topological polar surface area (TPSA) is 88.3 Å². The van der Waals surface area contributed by atoms with Crippen LogP contribution in [0, 0.1) is 0 Å². The van der Waals surface area contributed by atoms with E-state index in [0.29, 0.717) is 12.4 Å². The van der Waals surface area contributed by atoms with E-state index in [4.69, 9.17) is 4.52 Å². The van der Waals surface area contributed by atoms with Crippen molar-refractivity contribution in [1.82, 2.24) is 19.8 Å². The van der Waals surface area contributed by atoms with Crippen molar-refractivity contribution in [1.29, 1.82) is 0 Å². The van der Waals surface area contributed by atoms with Gasteiger partial charge >= 0.3 is 0 Å². The van der Waals surface area contributed by atoms with Gasteiger partial charge in [0.25, 0.3) is 0 Å². The Hall–Kier alpha value is -0.990. The molecule has 0 atom stereocenters. The molecule has 2 rings (SSSR count). The Morgan fingerprint density at radius 2 is 2.10 bits per heavy atom. The van der Waals surface area contributed by atoms with Gasteiger partial charge in [-0.2, -0.15) is 4.98 Å². The number of unbranched alkanes of at least 4 members (excludes halogenated alkanes) is 1. The molecule has 1 aliphatic heterocycles. The molecule has 1 aliphatic rings. The summed E-state index contributed by atoms with van der Waals surface area (Å²) in [6.45, 7) is 4.44. The molecule has 1 aromatic heterocycles. The predicted octanol–water partition coefficient (Wildman–Crippen LogP) is 0.926. The zero-order valence-corrected chi connectivity index (χ0v) is 13.5. The molecule has 120 valence electrons. The van der Waals surface area contributed by atoms with Gasteiger partial charge in [0.15, 0.2) is 5.82 Å². The summed E-state index contributed by atoms with van der Waals surface area (Å²) in [7, 11) is -3.12. The fourth-order valence-corrected chi connectivity index (χ4v) is 3.33. The first-order chi connectivity index (χ1) is 9.96. The average molecular weight is 316 g/mol. The van der Waals surface area contributed by atoms with Crippen LogP contribution in [0.15, 0.2) is 4.52 Å². The van der Waals surface area contributed by atoms with E-state index in [1.54, 1.807) is 0 Å². The normalized spacial score (nSPS) is 18.2. The second-order valence-corrected chi connectivity index (χ2v) is 7.43. The maximum absolute atomic E-state index is 11.2. The fraction of sp³-hybridized carbons (Fsp3) is 0.846. The number of nitrogens with zero attached hydrogens (tertiary/aromatic N) is 3. The van der Waals surface area contributed by atoms with E-state index >= 15 is 0 Å². The predicted molar refractivity (Wildman–Crippen MR) is 79.2 cm³/mol. The van der Waals surface area contributed by atoms with Crippen LogP contribution in [0.25, 0.3) is 0 Å². The lowest BCUT2D eigenvalue weighted by Crippen LogP contribution is -2.44. The monoisotopic (exact) mass is 316 g/mol. The Labute approximate surface area is 126 Å². The van der Waals surface area contributed by atoms with Crippen molar-refractivity contribution in [2.75, 3.05) is 19.3 Å². The van der Waals surface area contributed by atoms with Crippen LogP contribution in [0.5, 0.6) is 0 Å². The minimum Gasteiger partial charge on any atom is -0.338 e. The molecule has 7 nitrogen and oxygen atoms in total. The van der Waals surface area contributed by atoms with E-state index in [9.17, 15) is 8.42 Å². The average Bonchev–Trinajstić information content (AvgIpc) is 2.85. The van der Waals surface area contributed by atoms with Gasteiger partial charge in [0.05, 0.1) is 12.8 Å². The van der Waals surface area contributed by atoms with Crippen molar-refractivity contribution in [3.63, 3.8) is 0 Å². The largest absolute Gasteiger partial charge is 0.338 e. The molecule has 1 fully saturated rings. The van der Waals surface area contributed by atoms with Gasteiger partial charge in [-0.3, -0.25) is 4.90 Å². The van der Waals surface area contributed by atoms with Gasteiger partial charge < -0.3 is 4.52 Å². The first-order valence-electron chi connectivity index (χ1n) is 7.47. The molecular formula is C13H24N4O3S. The van der Waals surface area contributed by atoms with Crippen LogP contribution >= 0.6 is 0 Å². The molecule has 0 radical (unpaired) electrons. The summed E-state index contributed by atoms with van der Waals surface area (Å²) < 4.78 is 30.3. The Balaban J connectivity index is 1.77. The van der Waals surface area contributed by atoms with Gasteiger partial charge in [-0.15, -0.1) is 0 Å². The zero-order valence-electron chi connectivity index (χ0n) is 12.7. The van der Waals surface area contributed by atoms with Gasteiger partial charge in [-0.1, -0.05) is 18.5 Å². The van der Waals surface area contributed by atoms with Crippen LogP contribution in [-0.4, -0.2) is 48.8 Å². The summed E-state index contributed by atoms with van der Waals surface area (Å²) in [5.74, 6) is 1.43. The molecule has 0 amide bonds. The molecule has 0 saturated carbocycles. The van der Waals surface area contributed by atoms with E-state index in [2.05, 4.69) is 26.7 Å². The third kappa shape index (κ3) is 5.72. The lowest BCUT2D eigenvalue weighted by molar-refractivity contribution is 0.177. The maximum Gasteiger partial charge on any atom is 0.240 e. The molecule has 8 heteroatoms. The SMILES string of the molecule is CCCCc1noc(CN2CCC(NS(C)(=O)=O)CC2)n1. The lowest BCUT2D eigenvalue weighted by Gasteiger charge is -2.30. The summed E-state index contributed by atoms with van der Waals surface area (Å²) >= 11 is 0. The van der Waals surface area contributed by atoms with Crippen molar-refractivity contribution in [3.8, 4) is 0 Å². The van der Waals surface area contributed by atoms with Gasteiger partial charge in [0.2, 0.25) is 15.9 Å². The highest BCUT2D eigenvalue weighted by molar-refractivity contribution is 7.88. The molecular weight excluding hydrogens is 292 g/mol. The van der Waals surface area contributed by atoms with Crippen molar-refractivity contribution < 1.29 is 12.9 Å². The van der Waals surface area contributed by atoms with Crippen LogP contribution in [0.1, 0.15) is 44.3 Å². The second kappa shape index (κ2) is 7.33. The van der Waals surface area contributed by atoms with Crippen LogP contribution < -0.4 is 4.72 Å². The molecule has 0 aliphatic carbocycles. The minimum atomic E-state index is -3.12. The number of piperidine rings is 1. The quantitative estimate of drug-likeness (QED) is 0.805. The molecule has 0 unspecified atom stereocenters. The molecule has 1 saturated heterocycles. The van der Waals surface area contributed by atoms with Gasteiger partial charge in [0, 0.05) is 25.6 Å². The first-order valence-corrected chi connectivity index (χ1v) is 9.36. The summed E-state index contributed by atoms with van der Waals surface area (Å²) in [5.41, 5.74) is 0. The molecule has 2 heterocycles. The van der Waals surface area contributed by atoms with E-state index in [1.807, 2.05) is 0 Å². The summed E-state index contributed by atoms with van der Waals surface area (Å²) in [4.78, 5) is 6.61. The molecule has 1 aromatic rings. The third-order valence-corrected chi connectivity index (χ3v) is 4.35. The molecule has 21 heavy (non-hydrogen) atoms. The zero-order chi connectivity index (χ0) is 15.3. The van der Waals surface area contributed by atoms with E-state index in [1.165, 1.54) is 6.26 Å². The molecule has 1 N–H and O–H groups in total. The summed E-state index contributed by atoms with van der Waals surface area (Å²) in [6.07, 6.45) is 5.87. The number of likely N-dealkylation sites (tertiary alicyclic amines) is 1. The summed E-state index contributed by atoms with van der Waals surface area (Å²) in [6, 6.07) is 0.0408. The number of sulfonamides is 1. The molecule has 0 bridgehead atoms. The van der Waals surface area contributed by atoms with Crippen molar-refractivity contribution in [2.45, 2.75) is 51.6 Å². The highest BCUT2D eigenvalue weighted by atomic mass is 32.2. The van der Waals surface area contributed by atoms with Gasteiger partial charge in [-0.25, -0.2) is 13.1 Å². The third-order valence-electron chi connectivity index (χ3n) is 3.59. The minimum absolute atomic E-state index is 0.0408. The molecule has 0 aromatic carbocycles. The highest BCUT2D eigenvalue weighted by Crippen LogP contribution is 2.14. The van der Waals surface area contributed by atoms with Gasteiger partial charge in [0.1, 0.15) is 0 Å². The number of hydrogen-bond acceptors (Lipinski definition) is 6. The number of nitrogens with one attached hydrogen (secondary N) is 1. The maximum atomic E-state index is 11.2. The number of rotatable bonds is 7. The Bertz CT molecular complexity index is 535. The van der Waals surface area contributed by atoms with Crippen molar-refractivity contribution >= 4 is 10.0 Å². The standard InChI is InChI=1S/C13H24N4O3S/c1-3-4-5-12-14-13(20-15-12)10-17-8-6-11(7-9-17)16-21(2,18)19/h11,16H,3-10H2,1-2H3. The van der Waals surface area contributed by atoms with Crippen LogP contribution in [0.3, 0.4) is 0 Å². The fourth-order valence-electron chi connectivity index (χ4n) is 2.49. The Morgan fingerprint density at radius 1 is 1.38 bits per heavy atom. The molecule has 0 spiro atoms. The number of aryl methyl sites for hydroxylation is 1. The Morgan fingerprint density at radius 3 is 2.71 bits per heavy atom. The Kier molecular flexibility index (Phi) is 5.72.